The van der Waals surface area contributed by atoms with Crippen molar-refractivity contribution in [2.24, 2.45) is 0 Å². The largest absolute Gasteiger partial charge is 0.490 e. The van der Waals surface area contributed by atoms with Gasteiger partial charge in [0.15, 0.2) is 0 Å². The highest BCUT2D eigenvalue weighted by Crippen LogP contribution is 2.27. The fraction of sp³-hybridized carbons (Fsp3) is 0.231. The summed E-state index contributed by atoms with van der Waals surface area (Å²) in [4.78, 5) is 22.9. The second kappa shape index (κ2) is 13.0. The van der Waals surface area contributed by atoms with E-state index in [4.69, 9.17) is 9.90 Å². The molecule has 0 heterocycles. The van der Waals surface area contributed by atoms with Gasteiger partial charge in [0.05, 0.1) is 16.1 Å². The van der Waals surface area contributed by atoms with Gasteiger partial charge in [-0.1, -0.05) is 49.4 Å². The number of carboxylic acid groups (broad SMARTS) is 2. The van der Waals surface area contributed by atoms with E-state index in [0.29, 0.717) is 18.8 Å². The van der Waals surface area contributed by atoms with Crippen molar-refractivity contribution in [3.05, 3.63) is 89.5 Å². The molecule has 0 atom stereocenters. The molecule has 0 saturated heterocycles. The van der Waals surface area contributed by atoms with Crippen LogP contribution in [0.1, 0.15) is 35.3 Å². The molecule has 0 spiro atoms. The molecule has 3 N–H and O–H groups in total. The van der Waals surface area contributed by atoms with Gasteiger partial charge in [0.1, 0.15) is 0 Å². The molecule has 0 aliphatic carbocycles. The maximum Gasteiger partial charge on any atom is 0.490 e. The summed E-state index contributed by atoms with van der Waals surface area (Å²) in [7, 11) is -3.82. The molecule has 3 aromatic rings. The molecule has 0 radical (unpaired) electrons. The van der Waals surface area contributed by atoms with E-state index in [0.717, 1.165) is 17.5 Å². The van der Waals surface area contributed by atoms with E-state index in [1.807, 2.05) is 49.1 Å². The molecule has 204 valence electrons. The summed E-state index contributed by atoms with van der Waals surface area (Å²) in [5.41, 5.74) is 2.88. The van der Waals surface area contributed by atoms with Crippen molar-refractivity contribution < 1.29 is 41.4 Å². The molecule has 0 saturated carbocycles. The molecule has 0 aromatic heterocycles. The first-order valence-electron chi connectivity index (χ1n) is 11.4. The minimum Gasteiger partial charge on any atom is -0.478 e. The zero-order valence-electron chi connectivity index (χ0n) is 20.6. The standard InChI is InChI=1S/C24H26N2O4S.C2HF3O2/c1-3-18-10-13-21(14-11-18)31(29,30)25-20-12-15-23(22(16-20)24(27)28)26(4-2)17-19-8-6-5-7-9-19;3-2(4,5)1(6)7/h5-16,25H,3-4,17H2,1-2H3,(H,27,28);(H,6,7). The number of rotatable bonds is 9. The van der Waals surface area contributed by atoms with Crippen molar-refractivity contribution in [1.29, 1.82) is 0 Å². The van der Waals surface area contributed by atoms with E-state index in [9.17, 15) is 31.5 Å². The number of aromatic carboxylic acids is 1. The van der Waals surface area contributed by atoms with Crippen molar-refractivity contribution >= 4 is 33.3 Å². The number of carbonyl (C=O) groups is 2. The molecule has 38 heavy (non-hydrogen) atoms. The molecule has 0 amide bonds. The maximum atomic E-state index is 12.7. The minimum atomic E-state index is -5.08. The third kappa shape index (κ3) is 8.51. The van der Waals surface area contributed by atoms with Gasteiger partial charge in [-0.25, -0.2) is 18.0 Å². The number of nitrogens with one attached hydrogen (secondary N) is 1. The van der Waals surface area contributed by atoms with Crippen molar-refractivity contribution in [1.82, 2.24) is 0 Å². The lowest BCUT2D eigenvalue weighted by Gasteiger charge is -2.25. The third-order valence-corrected chi connectivity index (χ3v) is 6.70. The van der Waals surface area contributed by atoms with Crippen LogP contribution in [0.3, 0.4) is 0 Å². The topological polar surface area (TPSA) is 124 Å². The number of anilines is 2. The van der Waals surface area contributed by atoms with Gasteiger partial charge in [-0.2, -0.15) is 13.2 Å². The molecule has 12 heteroatoms. The van der Waals surface area contributed by atoms with Gasteiger partial charge in [-0.05, 0) is 54.8 Å². The number of halogens is 3. The van der Waals surface area contributed by atoms with Gasteiger partial charge in [0.25, 0.3) is 10.0 Å². The minimum absolute atomic E-state index is 0.0410. The zero-order chi connectivity index (χ0) is 28.5. The van der Waals surface area contributed by atoms with Gasteiger partial charge in [0.2, 0.25) is 0 Å². The van der Waals surface area contributed by atoms with Gasteiger partial charge < -0.3 is 15.1 Å². The van der Waals surface area contributed by atoms with Crippen molar-refractivity contribution in [3.63, 3.8) is 0 Å². The van der Waals surface area contributed by atoms with Gasteiger partial charge in [-0.3, -0.25) is 4.72 Å². The first-order chi connectivity index (χ1) is 17.8. The SMILES string of the molecule is CCc1ccc(S(=O)(=O)Nc2ccc(N(CC)Cc3ccccc3)c(C(=O)O)c2)cc1.O=C(O)C(F)(F)F. The molecule has 0 unspecified atom stereocenters. The summed E-state index contributed by atoms with van der Waals surface area (Å²) in [5, 5.41) is 16.9. The fourth-order valence-corrected chi connectivity index (χ4v) is 4.39. The number of aliphatic carboxylic acids is 1. The second-order valence-electron chi connectivity index (χ2n) is 7.94. The fourth-order valence-electron chi connectivity index (χ4n) is 3.34. The monoisotopic (exact) mass is 552 g/mol. The Morgan fingerprint density at radius 1 is 0.895 bits per heavy atom. The van der Waals surface area contributed by atoms with Crippen LogP contribution in [-0.4, -0.2) is 43.3 Å². The van der Waals surface area contributed by atoms with Crippen LogP contribution in [-0.2, 0) is 27.8 Å². The Morgan fingerprint density at radius 3 is 1.95 bits per heavy atom. The third-order valence-electron chi connectivity index (χ3n) is 5.30. The number of alkyl halides is 3. The van der Waals surface area contributed by atoms with Gasteiger partial charge in [-0.15, -0.1) is 0 Å². The molecular formula is C26H27F3N2O6S. The quantitative estimate of drug-likeness (QED) is 0.324. The van der Waals surface area contributed by atoms with Crippen LogP contribution in [0.15, 0.2) is 77.7 Å². The Hall–Kier alpha value is -4.06. The van der Waals surface area contributed by atoms with Crippen LogP contribution in [0, 0.1) is 0 Å². The van der Waals surface area contributed by atoms with E-state index < -0.39 is 28.1 Å². The molecule has 0 aliphatic heterocycles. The van der Waals surface area contributed by atoms with Crippen LogP contribution in [0.4, 0.5) is 24.5 Å². The van der Waals surface area contributed by atoms with E-state index in [2.05, 4.69) is 4.72 Å². The summed E-state index contributed by atoms with van der Waals surface area (Å²) in [6, 6.07) is 21.0. The first kappa shape index (κ1) is 30.2. The molecule has 3 rings (SSSR count). The highest BCUT2D eigenvalue weighted by Gasteiger charge is 2.38. The van der Waals surface area contributed by atoms with Crippen molar-refractivity contribution in [3.8, 4) is 0 Å². The lowest BCUT2D eigenvalue weighted by molar-refractivity contribution is -0.192. The average Bonchev–Trinajstić information content (AvgIpc) is 2.87. The molecule has 0 aliphatic rings. The number of hydrogen-bond donors (Lipinski definition) is 3. The van der Waals surface area contributed by atoms with Crippen molar-refractivity contribution in [2.45, 2.75) is 37.9 Å². The molecular weight excluding hydrogens is 525 g/mol. The van der Waals surface area contributed by atoms with Gasteiger partial charge in [0, 0.05) is 18.8 Å². The van der Waals surface area contributed by atoms with E-state index >= 15 is 0 Å². The Kier molecular flexibility index (Phi) is 10.3. The summed E-state index contributed by atoms with van der Waals surface area (Å²) in [6.07, 6.45) is -4.27. The zero-order valence-corrected chi connectivity index (χ0v) is 21.4. The van der Waals surface area contributed by atoms with Crippen LogP contribution in [0.25, 0.3) is 0 Å². The summed E-state index contributed by atoms with van der Waals surface area (Å²) in [5.74, 6) is -3.87. The maximum absolute atomic E-state index is 12.7. The Morgan fingerprint density at radius 2 is 1.47 bits per heavy atom. The Bertz CT molecular complexity index is 1350. The predicted molar refractivity (Wildman–Crippen MR) is 137 cm³/mol. The Labute approximate surface area is 218 Å². The number of aryl methyl sites for hydroxylation is 1. The molecule has 0 bridgehead atoms. The highest BCUT2D eigenvalue weighted by atomic mass is 32.2. The first-order valence-corrected chi connectivity index (χ1v) is 12.8. The molecule has 0 fully saturated rings. The molecule has 3 aromatic carbocycles. The van der Waals surface area contributed by atoms with Crippen LogP contribution >= 0.6 is 0 Å². The highest BCUT2D eigenvalue weighted by molar-refractivity contribution is 7.92. The average molecular weight is 553 g/mol. The normalized spacial score (nSPS) is 11.2. The number of sulfonamides is 1. The van der Waals surface area contributed by atoms with E-state index in [1.54, 1.807) is 36.4 Å². The summed E-state index contributed by atoms with van der Waals surface area (Å²) >= 11 is 0. The smallest absolute Gasteiger partial charge is 0.478 e. The van der Waals surface area contributed by atoms with E-state index in [-0.39, 0.29) is 16.1 Å². The van der Waals surface area contributed by atoms with Crippen LogP contribution in [0.5, 0.6) is 0 Å². The number of hydrogen-bond acceptors (Lipinski definition) is 5. The number of benzene rings is 3. The summed E-state index contributed by atoms with van der Waals surface area (Å²) < 4.78 is 59.7. The van der Waals surface area contributed by atoms with E-state index in [1.165, 1.54) is 6.07 Å². The van der Waals surface area contributed by atoms with Gasteiger partial charge >= 0.3 is 18.1 Å². The number of carboxylic acids is 2. The molecule has 8 nitrogen and oxygen atoms in total. The van der Waals surface area contributed by atoms with Crippen molar-refractivity contribution in [2.75, 3.05) is 16.2 Å². The lowest BCUT2D eigenvalue weighted by atomic mass is 10.1. The second-order valence-corrected chi connectivity index (χ2v) is 9.63. The predicted octanol–water partition coefficient (Wildman–Crippen LogP) is 5.41. The summed E-state index contributed by atoms with van der Waals surface area (Å²) in [6.45, 7) is 5.09. The number of nitrogens with zero attached hydrogens (tertiary/aromatic N) is 1. The lowest BCUT2D eigenvalue weighted by Crippen LogP contribution is -2.24. The van der Waals surface area contributed by atoms with Crippen LogP contribution in [0.2, 0.25) is 0 Å². The Balaban J connectivity index is 0.000000638. The van der Waals surface area contributed by atoms with Crippen LogP contribution < -0.4 is 9.62 Å².